The van der Waals surface area contributed by atoms with Crippen molar-refractivity contribution < 1.29 is 14.3 Å². The summed E-state index contributed by atoms with van der Waals surface area (Å²) in [5.41, 5.74) is 1.03. The molecule has 184 valence electrons. The van der Waals surface area contributed by atoms with Crippen LogP contribution in [-0.2, 0) is 9.53 Å². The zero-order valence-corrected chi connectivity index (χ0v) is 23.9. The first-order chi connectivity index (χ1) is 14.4. The van der Waals surface area contributed by atoms with Gasteiger partial charge in [-0.05, 0) is 76.2 Å². The summed E-state index contributed by atoms with van der Waals surface area (Å²) in [7, 11) is -2.03. The van der Waals surface area contributed by atoms with Gasteiger partial charge in [-0.2, -0.15) is 0 Å². The maximum atomic E-state index is 13.8. The SMILES string of the molecule is CC(C)N(C(=O)O/C(=C1/[C@@H]2CCC(C)(C)[C@H](C2)C[C@@H]1C(=O)C(C)(C)C)[Si](C)(C)C)C(C)C. The molecule has 2 bridgehead atoms. The van der Waals surface area contributed by atoms with E-state index in [1.807, 2.05) is 53.4 Å². The van der Waals surface area contributed by atoms with E-state index in [1.165, 1.54) is 12.0 Å². The van der Waals surface area contributed by atoms with E-state index in [0.29, 0.717) is 17.6 Å². The number of fused-ring (bicyclic) bond motifs is 2. The monoisotopic (exact) mass is 463 g/mol. The molecule has 3 atom stereocenters. The Balaban J connectivity index is 2.64. The van der Waals surface area contributed by atoms with Gasteiger partial charge in [-0.1, -0.05) is 54.3 Å². The predicted octanol–water partition coefficient (Wildman–Crippen LogP) is 7.45. The smallest absolute Gasteiger partial charge is 0.414 e. The molecule has 0 unspecified atom stereocenters. The van der Waals surface area contributed by atoms with Crippen molar-refractivity contribution in [3.05, 3.63) is 11.0 Å². The van der Waals surface area contributed by atoms with Crippen molar-refractivity contribution in [3.8, 4) is 0 Å². The fraction of sp³-hybridized carbons (Fsp3) is 0.852. The molecule has 2 saturated carbocycles. The van der Waals surface area contributed by atoms with Crippen LogP contribution in [0.1, 0.15) is 88.0 Å². The van der Waals surface area contributed by atoms with E-state index in [2.05, 4.69) is 33.5 Å². The lowest BCUT2D eigenvalue weighted by Gasteiger charge is -2.51. The van der Waals surface area contributed by atoms with E-state index >= 15 is 0 Å². The number of nitrogens with zero attached hydrogens (tertiary/aromatic N) is 1. The van der Waals surface area contributed by atoms with Crippen molar-refractivity contribution >= 4 is 20.0 Å². The second kappa shape index (κ2) is 9.27. The van der Waals surface area contributed by atoms with Gasteiger partial charge in [0.2, 0.25) is 0 Å². The van der Waals surface area contributed by atoms with E-state index in [9.17, 15) is 9.59 Å². The van der Waals surface area contributed by atoms with Crippen LogP contribution >= 0.6 is 0 Å². The van der Waals surface area contributed by atoms with Gasteiger partial charge in [0.1, 0.15) is 13.9 Å². The van der Waals surface area contributed by atoms with Gasteiger partial charge in [0.25, 0.3) is 0 Å². The minimum Gasteiger partial charge on any atom is -0.420 e. The van der Waals surface area contributed by atoms with E-state index in [-0.39, 0.29) is 29.5 Å². The standard InChI is InChI=1S/C27H49NO3Si/c1-17(2)28(18(3)4)25(30)31-24(32(10,11)12)22-19-13-14-27(8,9)20(15-19)16-21(22)23(29)26(5,6)7/h17-21H,13-16H2,1-12H3/b24-22+/t19-,20-,21+/m1/s1. The molecule has 2 rings (SSSR count). The summed E-state index contributed by atoms with van der Waals surface area (Å²) in [5.74, 6) is 1.05. The number of carbonyl (C=O) groups excluding carboxylic acids is 2. The zero-order valence-electron chi connectivity index (χ0n) is 22.9. The quantitative estimate of drug-likeness (QED) is 0.314. The van der Waals surface area contributed by atoms with Gasteiger partial charge >= 0.3 is 6.09 Å². The molecule has 0 aromatic heterocycles. The lowest BCUT2D eigenvalue weighted by molar-refractivity contribution is -0.131. The minimum atomic E-state index is -2.03. The molecule has 0 aromatic carbocycles. The van der Waals surface area contributed by atoms with Crippen molar-refractivity contribution in [1.82, 2.24) is 4.90 Å². The van der Waals surface area contributed by atoms with Crippen molar-refractivity contribution in [2.45, 2.75) is 120 Å². The first-order valence-corrected chi connectivity index (χ1v) is 16.2. The van der Waals surface area contributed by atoms with E-state index < -0.39 is 13.5 Å². The summed E-state index contributed by atoms with van der Waals surface area (Å²) in [6.45, 7) is 25.7. The molecule has 5 heteroatoms. The summed E-state index contributed by atoms with van der Waals surface area (Å²) < 4.78 is 6.35. The van der Waals surface area contributed by atoms with Crippen LogP contribution in [0, 0.1) is 28.6 Å². The molecule has 0 aromatic rings. The molecular weight excluding hydrogens is 414 g/mol. The normalized spacial score (nSPS) is 27.4. The van der Waals surface area contributed by atoms with Crippen LogP contribution in [0.4, 0.5) is 4.79 Å². The summed E-state index contributed by atoms with van der Waals surface area (Å²) >= 11 is 0. The Bertz CT molecular complexity index is 744. The zero-order chi connectivity index (χ0) is 24.8. The average molecular weight is 464 g/mol. The van der Waals surface area contributed by atoms with Gasteiger partial charge in [-0.25, -0.2) is 4.79 Å². The van der Waals surface area contributed by atoms with Crippen LogP contribution < -0.4 is 0 Å². The van der Waals surface area contributed by atoms with E-state index in [0.717, 1.165) is 24.6 Å². The number of hydrogen-bond donors (Lipinski definition) is 0. The highest BCUT2D eigenvalue weighted by Gasteiger charge is 2.50. The number of rotatable bonds is 5. The highest BCUT2D eigenvalue weighted by molar-refractivity contribution is 6.82. The number of ether oxygens (including phenoxy) is 1. The lowest BCUT2D eigenvalue weighted by atomic mass is 9.55. The second-order valence-electron chi connectivity index (χ2n) is 13.6. The molecule has 0 radical (unpaired) electrons. The Morgan fingerprint density at radius 2 is 1.56 bits per heavy atom. The average Bonchev–Trinajstić information content (AvgIpc) is 2.60. The Hall–Kier alpha value is -1.10. The molecule has 0 aliphatic heterocycles. The Labute approximate surface area is 198 Å². The molecule has 4 nitrogen and oxygen atoms in total. The van der Waals surface area contributed by atoms with Crippen molar-refractivity contribution in [3.63, 3.8) is 0 Å². The van der Waals surface area contributed by atoms with Crippen molar-refractivity contribution in [2.24, 2.45) is 28.6 Å². The first-order valence-electron chi connectivity index (χ1n) is 12.7. The second-order valence-corrected chi connectivity index (χ2v) is 18.5. The van der Waals surface area contributed by atoms with Gasteiger partial charge in [0.05, 0.1) is 5.38 Å². The topological polar surface area (TPSA) is 46.6 Å². The third kappa shape index (κ3) is 5.68. The summed E-state index contributed by atoms with van der Waals surface area (Å²) in [6.07, 6.45) is 3.98. The number of ketones is 1. The number of allylic oxidation sites excluding steroid dienone is 1. The Kier molecular flexibility index (Phi) is 7.86. The van der Waals surface area contributed by atoms with Crippen LogP contribution in [0.25, 0.3) is 0 Å². The number of amides is 1. The Morgan fingerprint density at radius 1 is 1.03 bits per heavy atom. The molecular formula is C27H49NO3Si. The number of Topliss-reactive ketones (excluding diaryl/α,β-unsaturated/α-hetero) is 1. The summed E-state index contributed by atoms with van der Waals surface area (Å²) in [5, 5.41) is 0.875. The lowest BCUT2D eigenvalue weighted by Crippen LogP contribution is -2.47. The van der Waals surface area contributed by atoms with Gasteiger partial charge in [-0.3, -0.25) is 4.79 Å². The minimum absolute atomic E-state index is 0.0635. The number of carbonyl (C=O) groups is 2. The van der Waals surface area contributed by atoms with Crippen LogP contribution in [0.15, 0.2) is 11.0 Å². The van der Waals surface area contributed by atoms with E-state index in [1.54, 1.807) is 0 Å². The van der Waals surface area contributed by atoms with Crippen LogP contribution in [-0.4, -0.2) is 36.9 Å². The molecule has 0 saturated heterocycles. The maximum absolute atomic E-state index is 13.8. The molecule has 0 N–H and O–H groups in total. The summed E-state index contributed by atoms with van der Waals surface area (Å²) in [4.78, 5) is 29.0. The van der Waals surface area contributed by atoms with E-state index in [4.69, 9.17) is 4.74 Å². The highest BCUT2D eigenvalue weighted by atomic mass is 28.3. The van der Waals surface area contributed by atoms with Gasteiger partial charge in [0.15, 0.2) is 0 Å². The van der Waals surface area contributed by atoms with Crippen LogP contribution in [0.2, 0.25) is 19.6 Å². The third-order valence-corrected chi connectivity index (χ3v) is 9.41. The maximum Gasteiger partial charge on any atom is 0.414 e. The van der Waals surface area contributed by atoms with Gasteiger partial charge < -0.3 is 9.64 Å². The predicted molar refractivity (Wildman–Crippen MR) is 136 cm³/mol. The number of hydrogen-bond acceptors (Lipinski definition) is 3. The fourth-order valence-electron chi connectivity index (χ4n) is 5.84. The molecule has 1 amide bonds. The molecule has 0 heterocycles. The van der Waals surface area contributed by atoms with Crippen LogP contribution in [0.5, 0.6) is 0 Å². The Morgan fingerprint density at radius 3 is 2.00 bits per heavy atom. The van der Waals surface area contributed by atoms with Crippen molar-refractivity contribution in [2.75, 3.05) is 0 Å². The fourth-order valence-corrected chi connectivity index (χ4v) is 7.48. The van der Waals surface area contributed by atoms with Gasteiger partial charge in [-0.15, -0.1) is 0 Å². The molecule has 32 heavy (non-hydrogen) atoms. The van der Waals surface area contributed by atoms with Crippen molar-refractivity contribution in [1.29, 1.82) is 0 Å². The highest BCUT2D eigenvalue weighted by Crippen LogP contribution is 2.56. The third-order valence-electron chi connectivity index (χ3n) is 7.66. The van der Waals surface area contributed by atoms with Crippen LogP contribution in [0.3, 0.4) is 0 Å². The molecule has 2 aliphatic rings. The molecule has 2 fully saturated rings. The largest absolute Gasteiger partial charge is 0.420 e. The molecule has 2 aliphatic carbocycles. The molecule has 0 spiro atoms. The first kappa shape index (κ1) is 27.1. The summed E-state index contributed by atoms with van der Waals surface area (Å²) in [6, 6.07) is 0.127. The van der Waals surface area contributed by atoms with Gasteiger partial charge in [0, 0.05) is 23.4 Å².